The van der Waals surface area contributed by atoms with E-state index in [1.165, 1.54) is 4.90 Å². The second-order valence-corrected chi connectivity index (χ2v) is 4.47. The Morgan fingerprint density at radius 2 is 2.07 bits per heavy atom. The molecule has 0 unspecified atom stereocenters. The van der Waals surface area contributed by atoms with E-state index in [2.05, 4.69) is 0 Å². The van der Waals surface area contributed by atoms with Crippen LogP contribution in [-0.2, 0) is 4.74 Å². The number of carbonyl (C=O) groups is 1. The van der Waals surface area contributed by atoms with Gasteiger partial charge in [-0.1, -0.05) is 0 Å². The molecule has 0 saturated carbocycles. The van der Waals surface area contributed by atoms with Gasteiger partial charge in [0.1, 0.15) is 17.9 Å². The van der Waals surface area contributed by atoms with Crippen molar-refractivity contribution in [2.75, 3.05) is 13.1 Å². The second-order valence-electron chi connectivity index (χ2n) is 4.47. The van der Waals surface area contributed by atoms with Crippen molar-refractivity contribution >= 4 is 6.09 Å². The van der Waals surface area contributed by atoms with Crippen molar-refractivity contribution in [2.45, 2.75) is 38.6 Å². The van der Waals surface area contributed by atoms with Crippen LogP contribution in [0.15, 0.2) is 0 Å². The normalized spacial score (nSPS) is 27.9. The highest BCUT2D eigenvalue weighted by molar-refractivity contribution is 5.68. The zero-order chi connectivity index (χ0) is 10.9. The monoisotopic (exact) mass is 205 g/mol. The molecule has 1 N–H and O–H groups in total. The summed E-state index contributed by atoms with van der Waals surface area (Å²) in [5, 5.41) is 9.09. The second kappa shape index (κ2) is 3.73. The Kier molecular flexibility index (Phi) is 2.99. The summed E-state index contributed by atoms with van der Waals surface area (Å²) in [4.78, 5) is 12.6. The number of hydrogen-bond donors (Lipinski definition) is 1. The smallest absolute Gasteiger partial charge is 0.410 e. The van der Waals surface area contributed by atoms with Gasteiger partial charge in [-0.05, 0) is 20.8 Å². The van der Waals surface area contributed by atoms with Gasteiger partial charge in [-0.2, -0.15) is 0 Å². The zero-order valence-electron chi connectivity index (χ0n) is 8.66. The van der Waals surface area contributed by atoms with Crippen molar-refractivity contribution < 1.29 is 19.0 Å². The topological polar surface area (TPSA) is 49.8 Å². The van der Waals surface area contributed by atoms with E-state index in [0.717, 1.165) is 0 Å². The SMILES string of the molecule is CC(C)(C)OC(=O)N1C[C@H](O)[C@@H](F)C1. The van der Waals surface area contributed by atoms with Crippen molar-refractivity contribution in [3.63, 3.8) is 0 Å². The number of aliphatic hydroxyl groups excluding tert-OH is 1. The van der Waals surface area contributed by atoms with Gasteiger partial charge in [0.05, 0.1) is 13.1 Å². The Labute approximate surface area is 82.6 Å². The molecule has 0 spiro atoms. The predicted octanol–water partition coefficient (Wildman–Crippen LogP) is 0.936. The van der Waals surface area contributed by atoms with Crippen LogP contribution in [0.1, 0.15) is 20.8 Å². The van der Waals surface area contributed by atoms with E-state index >= 15 is 0 Å². The average Bonchev–Trinajstić information content (AvgIpc) is 2.28. The molecule has 0 aliphatic carbocycles. The molecule has 1 fully saturated rings. The lowest BCUT2D eigenvalue weighted by atomic mass is 10.2. The number of alkyl halides is 1. The highest BCUT2D eigenvalue weighted by atomic mass is 19.1. The summed E-state index contributed by atoms with van der Waals surface area (Å²) in [5.74, 6) is 0. The van der Waals surface area contributed by atoms with Gasteiger partial charge in [0, 0.05) is 0 Å². The van der Waals surface area contributed by atoms with E-state index < -0.39 is 24.0 Å². The number of β-amino-alcohol motifs (C(OH)–C–C–N with tert-alkyl or cyclic N) is 1. The fourth-order valence-electron chi connectivity index (χ4n) is 1.22. The third-order valence-corrected chi connectivity index (χ3v) is 1.87. The van der Waals surface area contributed by atoms with Crippen molar-refractivity contribution in [2.24, 2.45) is 0 Å². The van der Waals surface area contributed by atoms with Crippen LogP contribution >= 0.6 is 0 Å². The van der Waals surface area contributed by atoms with Crippen LogP contribution in [0.25, 0.3) is 0 Å². The van der Waals surface area contributed by atoms with E-state index in [-0.39, 0.29) is 13.1 Å². The van der Waals surface area contributed by atoms with Crippen molar-refractivity contribution in [1.29, 1.82) is 0 Å². The molecule has 0 aromatic heterocycles. The summed E-state index contributed by atoms with van der Waals surface area (Å²) in [6, 6.07) is 0. The van der Waals surface area contributed by atoms with E-state index in [1.807, 2.05) is 0 Å². The first kappa shape index (κ1) is 11.2. The molecule has 1 aliphatic heterocycles. The molecule has 1 heterocycles. The summed E-state index contributed by atoms with van der Waals surface area (Å²) in [6.07, 6.45) is -3.01. The van der Waals surface area contributed by atoms with Gasteiger partial charge >= 0.3 is 6.09 Å². The lowest BCUT2D eigenvalue weighted by molar-refractivity contribution is 0.0269. The zero-order valence-corrected chi connectivity index (χ0v) is 8.66. The predicted molar refractivity (Wildman–Crippen MR) is 48.7 cm³/mol. The third-order valence-electron chi connectivity index (χ3n) is 1.87. The molecule has 5 heteroatoms. The van der Waals surface area contributed by atoms with Gasteiger partial charge in [-0.3, -0.25) is 0 Å². The minimum Gasteiger partial charge on any atom is -0.444 e. The fraction of sp³-hybridized carbons (Fsp3) is 0.889. The first-order chi connectivity index (χ1) is 6.29. The van der Waals surface area contributed by atoms with Crippen LogP contribution in [0, 0.1) is 0 Å². The summed E-state index contributed by atoms with van der Waals surface area (Å²) >= 11 is 0. The third kappa shape index (κ3) is 2.83. The van der Waals surface area contributed by atoms with Crippen LogP contribution in [0.2, 0.25) is 0 Å². The molecule has 82 valence electrons. The molecule has 14 heavy (non-hydrogen) atoms. The summed E-state index contributed by atoms with van der Waals surface area (Å²) < 4.78 is 17.9. The van der Waals surface area contributed by atoms with Gasteiger partial charge < -0.3 is 14.7 Å². The molecule has 2 atom stereocenters. The van der Waals surface area contributed by atoms with E-state index in [9.17, 15) is 9.18 Å². The molecule has 1 aliphatic rings. The maximum atomic E-state index is 12.9. The minimum absolute atomic E-state index is 0.0100. The number of halogens is 1. The van der Waals surface area contributed by atoms with Crippen LogP contribution < -0.4 is 0 Å². The molecule has 4 nitrogen and oxygen atoms in total. The summed E-state index contributed by atoms with van der Waals surface area (Å²) in [5.41, 5.74) is -0.587. The lowest BCUT2D eigenvalue weighted by Gasteiger charge is -2.23. The molecule has 0 aromatic rings. The average molecular weight is 205 g/mol. The van der Waals surface area contributed by atoms with Gasteiger partial charge in [-0.25, -0.2) is 9.18 Å². The molecule has 0 bridgehead atoms. The highest BCUT2D eigenvalue weighted by Gasteiger charge is 2.35. The van der Waals surface area contributed by atoms with Crippen molar-refractivity contribution in [1.82, 2.24) is 4.90 Å². The minimum atomic E-state index is -1.36. The molecule has 0 radical (unpaired) electrons. The summed E-state index contributed by atoms with van der Waals surface area (Å²) in [6.45, 7) is 5.14. The van der Waals surface area contributed by atoms with Gasteiger partial charge in [-0.15, -0.1) is 0 Å². The largest absolute Gasteiger partial charge is 0.444 e. The highest BCUT2D eigenvalue weighted by Crippen LogP contribution is 2.17. The van der Waals surface area contributed by atoms with E-state index in [1.54, 1.807) is 20.8 Å². The van der Waals surface area contributed by atoms with Crippen LogP contribution in [0.5, 0.6) is 0 Å². The van der Waals surface area contributed by atoms with Gasteiger partial charge in [0.2, 0.25) is 0 Å². The lowest BCUT2D eigenvalue weighted by Crippen LogP contribution is -2.35. The Morgan fingerprint density at radius 3 is 2.43 bits per heavy atom. The Bertz CT molecular complexity index is 217. The molecule has 0 aromatic carbocycles. The fourth-order valence-corrected chi connectivity index (χ4v) is 1.22. The maximum absolute atomic E-state index is 12.9. The molecule has 1 amide bonds. The number of rotatable bonds is 0. The maximum Gasteiger partial charge on any atom is 0.410 e. The first-order valence-corrected chi connectivity index (χ1v) is 4.59. The Hall–Kier alpha value is -0.840. The number of likely N-dealkylation sites (tertiary alicyclic amines) is 1. The molecule has 1 rings (SSSR count). The number of nitrogens with zero attached hydrogens (tertiary/aromatic N) is 1. The Morgan fingerprint density at radius 1 is 1.50 bits per heavy atom. The molecule has 1 saturated heterocycles. The van der Waals surface area contributed by atoms with Crippen LogP contribution in [0.4, 0.5) is 9.18 Å². The van der Waals surface area contributed by atoms with Gasteiger partial charge in [0.15, 0.2) is 0 Å². The number of ether oxygens (including phenoxy) is 1. The van der Waals surface area contributed by atoms with Crippen molar-refractivity contribution in [3.05, 3.63) is 0 Å². The number of aliphatic hydroxyl groups is 1. The first-order valence-electron chi connectivity index (χ1n) is 4.59. The van der Waals surface area contributed by atoms with E-state index in [4.69, 9.17) is 9.84 Å². The summed E-state index contributed by atoms with van der Waals surface area (Å²) in [7, 11) is 0. The van der Waals surface area contributed by atoms with Crippen molar-refractivity contribution in [3.8, 4) is 0 Å². The quantitative estimate of drug-likeness (QED) is 0.640. The standard InChI is InChI=1S/C9H16FNO3/c1-9(2,3)14-8(13)11-4-6(10)7(12)5-11/h6-7,12H,4-5H2,1-3H3/t6-,7-/m0/s1. The Balaban J connectivity index is 2.48. The number of amides is 1. The number of hydrogen-bond acceptors (Lipinski definition) is 3. The molecular weight excluding hydrogens is 189 g/mol. The van der Waals surface area contributed by atoms with E-state index in [0.29, 0.717) is 0 Å². The van der Waals surface area contributed by atoms with Gasteiger partial charge in [0.25, 0.3) is 0 Å². The van der Waals surface area contributed by atoms with Crippen LogP contribution in [-0.4, -0.2) is 47.1 Å². The number of carbonyl (C=O) groups excluding carboxylic acids is 1. The molecular formula is C9H16FNO3. The van der Waals surface area contributed by atoms with Crippen LogP contribution in [0.3, 0.4) is 0 Å².